The van der Waals surface area contributed by atoms with Crippen LogP contribution < -0.4 is 21.5 Å². The highest BCUT2D eigenvalue weighted by Crippen LogP contribution is 2.34. The Balaban J connectivity index is 1.33. The number of esters is 1. The molecule has 3 saturated heterocycles. The molecule has 3 heterocycles. The highest BCUT2D eigenvalue weighted by atomic mass is 35.5. The van der Waals surface area contributed by atoms with E-state index >= 15 is 0 Å². The number of rotatable bonds is 2. The Bertz CT molecular complexity index is 473. The molecule has 7 unspecified atom stereocenters. The van der Waals surface area contributed by atoms with E-state index in [4.69, 9.17) is 16.3 Å². The molecule has 4 fully saturated rings. The van der Waals surface area contributed by atoms with E-state index in [1.54, 1.807) is 0 Å². The Labute approximate surface area is 145 Å². The maximum atomic E-state index is 13.9. The Morgan fingerprint density at radius 3 is 2.79 bits per heavy atom. The molecule has 1 saturated carbocycles. The summed E-state index contributed by atoms with van der Waals surface area (Å²) >= 11 is 5.97. The third-order valence-corrected chi connectivity index (χ3v) is 6.10. The molecular weight excluding hydrogens is 337 g/mol. The number of hydrazine groups is 1. The van der Waals surface area contributed by atoms with Crippen molar-refractivity contribution in [3.63, 3.8) is 0 Å². The molecule has 4 N–H and O–H groups in total. The van der Waals surface area contributed by atoms with Crippen LogP contribution in [0.4, 0.5) is 4.39 Å². The van der Waals surface area contributed by atoms with E-state index in [9.17, 15) is 9.18 Å². The molecule has 136 valence electrons. The average molecular weight is 362 g/mol. The van der Waals surface area contributed by atoms with E-state index in [1.807, 2.05) is 0 Å². The van der Waals surface area contributed by atoms with Crippen LogP contribution in [0.5, 0.6) is 0 Å². The van der Waals surface area contributed by atoms with Gasteiger partial charge in [-0.25, -0.2) is 15.2 Å². The highest BCUT2D eigenvalue weighted by molar-refractivity contribution is 6.21. The number of ether oxygens (including phenoxy) is 1. The van der Waals surface area contributed by atoms with E-state index in [2.05, 4.69) is 26.4 Å². The molecule has 0 aromatic heterocycles. The molecule has 9 heteroatoms. The smallest absolute Gasteiger partial charge is 0.312 e. The Hall–Kier alpha value is -0.510. The number of halogens is 2. The van der Waals surface area contributed by atoms with Crippen LogP contribution in [0.1, 0.15) is 25.7 Å². The molecule has 0 aromatic carbocycles. The fraction of sp³-hybridized carbons (Fsp3) is 0.933. The highest BCUT2D eigenvalue weighted by Gasteiger charge is 2.47. The summed E-state index contributed by atoms with van der Waals surface area (Å²) in [4.78, 5) is 14.6. The number of hydrogen-bond donors (Lipinski definition) is 4. The van der Waals surface area contributed by atoms with Crippen LogP contribution in [0, 0.1) is 5.92 Å². The molecule has 0 bridgehead atoms. The van der Waals surface area contributed by atoms with Crippen molar-refractivity contribution < 1.29 is 13.9 Å². The van der Waals surface area contributed by atoms with Crippen LogP contribution >= 0.6 is 11.6 Å². The first kappa shape index (κ1) is 16.9. The molecule has 0 radical (unpaired) electrons. The molecule has 1 aliphatic carbocycles. The Morgan fingerprint density at radius 2 is 2.08 bits per heavy atom. The molecule has 7 atom stereocenters. The zero-order valence-electron chi connectivity index (χ0n) is 13.5. The van der Waals surface area contributed by atoms with Gasteiger partial charge < -0.3 is 10.1 Å². The lowest BCUT2D eigenvalue weighted by molar-refractivity contribution is -0.172. The van der Waals surface area contributed by atoms with Gasteiger partial charge in [-0.15, -0.1) is 11.6 Å². The van der Waals surface area contributed by atoms with Crippen molar-refractivity contribution in [1.29, 1.82) is 0 Å². The maximum absolute atomic E-state index is 13.9. The molecular formula is C15H25ClFN5O2. The van der Waals surface area contributed by atoms with Gasteiger partial charge in [0.1, 0.15) is 6.17 Å². The van der Waals surface area contributed by atoms with Gasteiger partial charge in [0, 0.05) is 25.8 Å². The van der Waals surface area contributed by atoms with Crippen molar-refractivity contribution >= 4 is 17.6 Å². The van der Waals surface area contributed by atoms with Crippen LogP contribution in [-0.2, 0) is 9.53 Å². The van der Waals surface area contributed by atoms with Gasteiger partial charge in [0.05, 0.1) is 23.5 Å². The van der Waals surface area contributed by atoms with Crippen LogP contribution in [0.15, 0.2) is 0 Å². The van der Waals surface area contributed by atoms with E-state index in [0.717, 1.165) is 32.6 Å². The second kappa shape index (κ2) is 7.01. The minimum absolute atomic E-state index is 0.0199. The van der Waals surface area contributed by atoms with Gasteiger partial charge in [-0.2, -0.15) is 0 Å². The van der Waals surface area contributed by atoms with Crippen molar-refractivity contribution in [1.82, 2.24) is 26.4 Å². The standard InChI is InChI=1S/C15H25ClFN5O2/c16-9-5-8-12(6-10(9)17)19-14(24-15(8)23)11-1-2-13(21-20-11)22-4-3-18-7-22/h8-14,18-21H,1-7H2. The van der Waals surface area contributed by atoms with E-state index in [0.29, 0.717) is 6.42 Å². The lowest BCUT2D eigenvalue weighted by Gasteiger charge is -2.45. The number of carbonyl (C=O) groups is 1. The largest absolute Gasteiger partial charge is 0.445 e. The van der Waals surface area contributed by atoms with Gasteiger partial charge in [-0.1, -0.05) is 0 Å². The number of hydrogen-bond acceptors (Lipinski definition) is 7. The fourth-order valence-corrected chi connectivity index (χ4v) is 4.48. The van der Waals surface area contributed by atoms with E-state index in [1.165, 1.54) is 0 Å². The summed E-state index contributed by atoms with van der Waals surface area (Å²) < 4.78 is 19.5. The molecule has 0 aromatic rings. The van der Waals surface area contributed by atoms with Crippen molar-refractivity contribution in [2.45, 2.75) is 61.7 Å². The summed E-state index contributed by atoms with van der Waals surface area (Å²) in [6.45, 7) is 2.93. The van der Waals surface area contributed by atoms with Gasteiger partial charge in [0.2, 0.25) is 0 Å². The molecule has 7 nitrogen and oxygen atoms in total. The zero-order valence-corrected chi connectivity index (χ0v) is 14.3. The lowest BCUT2D eigenvalue weighted by atomic mass is 9.82. The van der Waals surface area contributed by atoms with Crippen LogP contribution in [-0.4, -0.2) is 66.7 Å². The Morgan fingerprint density at radius 1 is 1.21 bits per heavy atom. The van der Waals surface area contributed by atoms with Crippen LogP contribution in [0.25, 0.3) is 0 Å². The second-order valence-electron chi connectivity index (χ2n) is 7.20. The molecule has 4 rings (SSSR count). The summed E-state index contributed by atoms with van der Waals surface area (Å²) in [5.74, 6) is -0.593. The molecule has 24 heavy (non-hydrogen) atoms. The number of fused-ring (bicyclic) bond motifs is 1. The Kier molecular flexibility index (Phi) is 4.95. The summed E-state index contributed by atoms with van der Waals surface area (Å²) in [5, 5.41) is 6.04. The average Bonchev–Trinajstić information content (AvgIpc) is 3.11. The fourth-order valence-electron chi connectivity index (χ4n) is 4.19. The second-order valence-corrected chi connectivity index (χ2v) is 7.76. The first-order chi connectivity index (χ1) is 11.6. The van der Waals surface area contributed by atoms with Crippen molar-refractivity contribution in [3.8, 4) is 0 Å². The molecule has 3 aliphatic heterocycles. The molecule has 4 aliphatic rings. The zero-order chi connectivity index (χ0) is 16.7. The number of carbonyl (C=O) groups excluding carboxylic acids is 1. The monoisotopic (exact) mass is 361 g/mol. The minimum atomic E-state index is -1.07. The lowest BCUT2D eigenvalue weighted by Crippen LogP contribution is -2.67. The summed E-state index contributed by atoms with van der Waals surface area (Å²) in [6.07, 6.45) is 1.25. The van der Waals surface area contributed by atoms with Crippen molar-refractivity contribution in [3.05, 3.63) is 0 Å². The summed E-state index contributed by atoms with van der Waals surface area (Å²) in [5.41, 5.74) is 6.59. The number of nitrogens with one attached hydrogen (secondary N) is 4. The number of cyclic esters (lactones) is 1. The predicted octanol–water partition coefficient (Wildman–Crippen LogP) is -0.372. The predicted molar refractivity (Wildman–Crippen MR) is 86.7 cm³/mol. The van der Waals surface area contributed by atoms with Gasteiger partial charge in [0.15, 0.2) is 6.23 Å². The summed E-state index contributed by atoms with van der Waals surface area (Å²) in [7, 11) is 0. The van der Waals surface area contributed by atoms with Gasteiger partial charge in [-0.05, 0) is 25.7 Å². The number of nitrogens with zero attached hydrogens (tertiary/aromatic N) is 1. The van der Waals surface area contributed by atoms with E-state index < -0.39 is 17.8 Å². The van der Waals surface area contributed by atoms with Crippen LogP contribution in [0.3, 0.4) is 0 Å². The maximum Gasteiger partial charge on any atom is 0.312 e. The first-order valence-corrected chi connectivity index (χ1v) is 9.26. The van der Waals surface area contributed by atoms with Gasteiger partial charge >= 0.3 is 5.97 Å². The summed E-state index contributed by atoms with van der Waals surface area (Å²) in [6, 6.07) is -0.211. The van der Waals surface area contributed by atoms with Crippen LogP contribution in [0.2, 0.25) is 0 Å². The third-order valence-electron chi connectivity index (χ3n) is 5.64. The molecule has 0 spiro atoms. The molecule has 0 amide bonds. The first-order valence-electron chi connectivity index (χ1n) is 8.82. The van der Waals surface area contributed by atoms with Gasteiger partial charge in [-0.3, -0.25) is 15.0 Å². The topological polar surface area (TPSA) is 77.7 Å². The quantitative estimate of drug-likeness (QED) is 0.395. The van der Waals surface area contributed by atoms with Crippen molar-refractivity contribution in [2.75, 3.05) is 19.8 Å². The third kappa shape index (κ3) is 3.27. The van der Waals surface area contributed by atoms with E-state index in [-0.39, 0.29) is 36.6 Å². The normalized spacial score (nSPS) is 47.2. The SMILES string of the molecule is O=C1OC(C2CCC(N3CCNC3)NN2)NC2CC(F)C(Cl)CC12. The number of alkyl halides is 2. The van der Waals surface area contributed by atoms with Crippen molar-refractivity contribution in [2.24, 2.45) is 5.92 Å². The van der Waals surface area contributed by atoms with Gasteiger partial charge in [0.25, 0.3) is 0 Å². The minimum Gasteiger partial charge on any atom is -0.445 e.